The number of thiazole rings is 1. The van der Waals surface area contributed by atoms with Gasteiger partial charge in [0.15, 0.2) is 5.96 Å². The Hall–Kier alpha value is -0.940. The van der Waals surface area contributed by atoms with Gasteiger partial charge in [0, 0.05) is 44.3 Å². The minimum absolute atomic E-state index is 0. The van der Waals surface area contributed by atoms with Crippen molar-refractivity contribution in [1.82, 2.24) is 20.1 Å². The summed E-state index contributed by atoms with van der Waals surface area (Å²) in [6.07, 6.45) is 1.90. The van der Waals surface area contributed by atoms with Crippen LogP contribution in [0.15, 0.2) is 11.2 Å². The number of amides is 1. The van der Waals surface area contributed by atoms with Crippen molar-refractivity contribution in [3.05, 3.63) is 16.1 Å². The summed E-state index contributed by atoms with van der Waals surface area (Å²) in [5.41, 5.74) is 4.89. The topological polar surface area (TPSA) is 86.8 Å². The van der Waals surface area contributed by atoms with Gasteiger partial charge < -0.3 is 16.0 Å². The number of primary amides is 1. The first kappa shape index (κ1) is 21.1. The molecule has 1 aliphatic rings. The zero-order chi connectivity index (χ0) is 17.0. The zero-order valence-electron chi connectivity index (χ0n) is 14.7. The summed E-state index contributed by atoms with van der Waals surface area (Å²) in [4.78, 5) is 25.7. The second-order valence-corrected chi connectivity index (χ2v) is 7.46. The molecule has 136 valence electrons. The van der Waals surface area contributed by atoms with Crippen LogP contribution in [-0.2, 0) is 11.3 Å². The molecule has 0 aliphatic carbocycles. The molecular weight excluding hydrogens is 439 g/mol. The molecule has 1 fully saturated rings. The van der Waals surface area contributed by atoms with Gasteiger partial charge in [-0.05, 0) is 20.8 Å². The number of carbonyl (C=O) groups excluding carboxylic acids is 1. The molecule has 0 unspecified atom stereocenters. The number of hydrogen-bond acceptors (Lipinski definition) is 5. The Balaban J connectivity index is 0.00000288. The summed E-state index contributed by atoms with van der Waals surface area (Å²) in [5.74, 6) is 0.599. The normalized spacial score (nSPS) is 16.7. The summed E-state index contributed by atoms with van der Waals surface area (Å²) in [7, 11) is 1.79. The average Bonchev–Trinajstić information content (AvgIpc) is 2.94. The first-order valence-corrected chi connectivity index (χ1v) is 8.58. The van der Waals surface area contributed by atoms with Crippen molar-refractivity contribution in [3.8, 4) is 0 Å². The van der Waals surface area contributed by atoms with Gasteiger partial charge in [-0.2, -0.15) is 0 Å². The number of nitrogens with two attached hydrogens (primary N) is 1. The Kier molecular flexibility index (Phi) is 7.87. The fourth-order valence-electron chi connectivity index (χ4n) is 2.62. The third-order valence-electron chi connectivity index (χ3n) is 4.27. The number of aliphatic imine (C=N–C) groups is 1. The Morgan fingerprint density at radius 1 is 1.42 bits per heavy atom. The van der Waals surface area contributed by atoms with Gasteiger partial charge in [-0.1, -0.05) is 0 Å². The van der Waals surface area contributed by atoms with Gasteiger partial charge >= 0.3 is 0 Å². The molecular formula is C15H27IN6OS. The first-order chi connectivity index (χ1) is 10.8. The molecule has 1 aliphatic heterocycles. The molecule has 1 aromatic heterocycles. The smallest absolute Gasteiger partial charge is 0.237 e. The molecule has 0 spiro atoms. The molecule has 1 amide bonds. The summed E-state index contributed by atoms with van der Waals surface area (Å²) < 4.78 is 0. The third kappa shape index (κ3) is 5.03. The second kappa shape index (κ2) is 8.95. The van der Waals surface area contributed by atoms with Gasteiger partial charge in [-0.15, -0.1) is 35.3 Å². The van der Waals surface area contributed by atoms with E-state index in [1.165, 1.54) is 4.88 Å². The highest BCUT2D eigenvalue weighted by molar-refractivity contribution is 14.0. The van der Waals surface area contributed by atoms with Gasteiger partial charge in [0.1, 0.15) is 0 Å². The number of piperazine rings is 1. The molecule has 1 aromatic rings. The minimum Gasteiger partial charge on any atom is -0.368 e. The van der Waals surface area contributed by atoms with Crippen LogP contribution in [0, 0.1) is 6.92 Å². The monoisotopic (exact) mass is 466 g/mol. The van der Waals surface area contributed by atoms with Gasteiger partial charge in [0.25, 0.3) is 0 Å². The molecule has 24 heavy (non-hydrogen) atoms. The molecule has 9 heteroatoms. The predicted octanol–water partition coefficient (Wildman–Crippen LogP) is 1.03. The van der Waals surface area contributed by atoms with Gasteiger partial charge in [-0.3, -0.25) is 14.7 Å². The van der Waals surface area contributed by atoms with E-state index in [0.29, 0.717) is 0 Å². The molecule has 1 saturated heterocycles. The third-order valence-corrected chi connectivity index (χ3v) is 5.19. The van der Waals surface area contributed by atoms with E-state index < -0.39 is 5.54 Å². The fraction of sp³-hybridized carbons (Fsp3) is 0.667. The first-order valence-electron chi connectivity index (χ1n) is 7.76. The lowest BCUT2D eigenvalue weighted by Crippen LogP contribution is -2.61. The maximum Gasteiger partial charge on any atom is 0.237 e. The largest absolute Gasteiger partial charge is 0.368 e. The predicted molar refractivity (Wildman–Crippen MR) is 109 cm³/mol. The quantitative estimate of drug-likeness (QED) is 0.393. The maximum absolute atomic E-state index is 11.6. The van der Waals surface area contributed by atoms with Gasteiger partial charge in [-0.25, -0.2) is 4.98 Å². The van der Waals surface area contributed by atoms with Crippen molar-refractivity contribution >= 4 is 47.2 Å². The number of carbonyl (C=O) groups is 1. The lowest BCUT2D eigenvalue weighted by molar-refractivity contribution is -0.129. The number of halogens is 1. The Bertz CT molecular complexity index is 580. The number of aryl methyl sites for hydroxylation is 1. The molecule has 0 aromatic carbocycles. The van der Waals surface area contributed by atoms with Crippen molar-refractivity contribution in [2.24, 2.45) is 10.7 Å². The number of guanidine groups is 1. The van der Waals surface area contributed by atoms with Crippen molar-refractivity contribution in [1.29, 1.82) is 0 Å². The highest BCUT2D eigenvalue weighted by atomic mass is 127. The van der Waals surface area contributed by atoms with Crippen LogP contribution in [0.25, 0.3) is 0 Å². The van der Waals surface area contributed by atoms with Crippen molar-refractivity contribution in [3.63, 3.8) is 0 Å². The summed E-state index contributed by atoms with van der Waals surface area (Å²) in [6.45, 7) is 9.70. The molecule has 0 saturated carbocycles. The fourth-order valence-corrected chi connectivity index (χ4v) is 3.35. The minimum atomic E-state index is -0.608. The van der Waals surface area contributed by atoms with E-state index >= 15 is 0 Å². The highest BCUT2D eigenvalue weighted by Gasteiger charge is 2.35. The molecule has 7 nitrogen and oxygen atoms in total. The highest BCUT2D eigenvalue weighted by Crippen LogP contribution is 2.17. The van der Waals surface area contributed by atoms with Crippen LogP contribution in [0.3, 0.4) is 0 Å². The van der Waals surface area contributed by atoms with Crippen LogP contribution < -0.4 is 11.1 Å². The number of rotatable bonds is 4. The number of hydrogen-bond donors (Lipinski definition) is 2. The maximum atomic E-state index is 11.6. The number of nitrogens with zero attached hydrogens (tertiary/aromatic N) is 4. The van der Waals surface area contributed by atoms with Gasteiger partial charge in [0.05, 0.1) is 17.1 Å². The van der Waals surface area contributed by atoms with Crippen molar-refractivity contribution in [2.75, 3.05) is 33.2 Å². The van der Waals surface area contributed by atoms with E-state index in [9.17, 15) is 4.79 Å². The van der Waals surface area contributed by atoms with Crippen molar-refractivity contribution in [2.45, 2.75) is 32.9 Å². The van der Waals surface area contributed by atoms with Gasteiger partial charge in [0.2, 0.25) is 5.91 Å². The van der Waals surface area contributed by atoms with Crippen LogP contribution in [0.5, 0.6) is 0 Å². The standard InChI is InChI=1S/C15H26N6OS.HI/c1-11-18-9-12(23-11)10-19-14(17-4)20-5-7-21(8-6-20)15(2,3)13(16)22;/h9H,5-8,10H2,1-4H3,(H2,16,22)(H,17,19);1H. The summed E-state index contributed by atoms with van der Waals surface area (Å²) in [6, 6.07) is 0. The second-order valence-electron chi connectivity index (χ2n) is 6.14. The van der Waals surface area contributed by atoms with Crippen LogP contribution >= 0.6 is 35.3 Å². The lowest BCUT2D eigenvalue weighted by atomic mass is 10.0. The molecule has 0 bridgehead atoms. The molecule has 0 atom stereocenters. The molecule has 0 radical (unpaired) electrons. The summed E-state index contributed by atoms with van der Waals surface area (Å²) >= 11 is 1.69. The SMILES string of the molecule is CN=C(NCc1cnc(C)s1)N1CCN(C(C)(C)C(N)=O)CC1.I. The molecule has 2 heterocycles. The van der Waals surface area contributed by atoms with E-state index in [1.807, 2.05) is 27.0 Å². The number of aromatic nitrogens is 1. The van der Waals surface area contributed by atoms with E-state index in [-0.39, 0.29) is 29.9 Å². The Morgan fingerprint density at radius 3 is 2.50 bits per heavy atom. The van der Waals surface area contributed by atoms with Crippen LogP contribution in [0.4, 0.5) is 0 Å². The molecule has 3 N–H and O–H groups in total. The van der Waals surface area contributed by atoms with E-state index in [1.54, 1.807) is 18.4 Å². The van der Waals surface area contributed by atoms with Crippen LogP contribution in [0.1, 0.15) is 23.7 Å². The summed E-state index contributed by atoms with van der Waals surface area (Å²) in [5, 5.41) is 4.45. The average molecular weight is 466 g/mol. The zero-order valence-corrected chi connectivity index (χ0v) is 17.9. The van der Waals surface area contributed by atoms with Crippen molar-refractivity contribution < 1.29 is 4.79 Å². The van der Waals surface area contributed by atoms with Crippen LogP contribution in [-0.4, -0.2) is 65.4 Å². The Labute approximate surface area is 164 Å². The molecule has 2 rings (SSSR count). The lowest BCUT2D eigenvalue weighted by Gasteiger charge is -2.43. The van der Waals surface area contributed by atoms with Crippen LogP contribution in [0.2, 0.25) is 0 Å². The van der Waals surface area contributed by atoms with E-state index in [4.69, 9.17) is 5.73 Å². The van der Waals surface area contributed by atoms with E-state index in [0.717, 1.165) is 43.7 Å². The number of nitrogens with one attached hydrogen (secondary N) is 1. The van der Waals surface area contributed by atoms with E-state index in [2.05, 4.69) is 25.1 Å². The Morgan fingerprint density at radius 2 is 2.04 bits per heavy atom.